The van der Waals surface area contributed by atoms with Crippen molar-refractivity contribution in [3.8, 4) is 11.9 Å². The number of aryl methyl sites for hydroxylation is 1. The lowest BCUT2D eigenvalue weighted by Gasteiger charge is -2.25. The highest BCUT2D eigenvalue weighted by Gasteiger charge is 2.36. The highest BCUT2D eigenvalue weighted by Crippen LogP contribution is 2.39. The first-order valence-corrected chi connectivity index (χ1v) is 9.37. The summed E-state index contributed by atoms with van der Waals surface area (Å²) in [6, 6.07) is 10.3. The Morgan fingerprint density at radius 3 is 2.80 bits per heavy atom. The smallest absolute Gasteiger partial charge is 0.216 e. The van der Waals surface area contributed by atoms with Crippen LogP contribution in [0.3, 0.4) is 0 Å². The van der Waals surface area contributed by atoms with E-state index in [0.717, 1.165) is 28.5 Å². The van der Waals surface area contributed by atoms with Gasteiger partial charge in [-0.1, -0.05) is 19.1 Å². The Kier molecular flexibility index (Phi) is 5.16. The third-order valence-electron chi connectivity index (χ3n) is 4.58. The number of fused-ring (bicyclic) bond motifs is 1. The molecule has 0 N–H and O–H groups in total. The Morgan fingerprint density at radius 1 is 1.40 bits per heavy atom. The maximum absolute atomic E-state index is 9.82. The van der Waals surface area contributed by atoms with Crippen molar-refractivity contribution in [2.75, 3.05) is 7.11 Å². The summed E-state index contributed by atoms with van der Waals surface area (Å²) in [7, 11) is 1.62. The second kappa shape index (κ2) is 7.19. The van der Waals surface area contributed by atoms with Crippen molar-refractivity contribution in [3.05, 3.63) is 35.4 Å². The molecule has 7 heteroatoms. The zero-order chi connectivity index (χ0) is 18.0. The number of nitriles is 1. The number of aromatic nitrogens is 1. The van der Waals surface area contributed by atoms with Crippen molar-refractivity contribution >= 4 is 34.5 Å². The van der Waals surface area contributed by atoms with Gasteiger partial charge in [-0.05, 0) is 37.5 Å². The van der Waals surface area contributed by atoms with E-state index in [-0.39, 0.29) is 10.8 Å². The highest BCUT2D eigenvalue weighted by atomic mass is 35.5. The molecule has 0 radical (unpaired) electrons. The number of halogens is 1. The molecule has 0 fully saturated rings. The zero-order valence-corrected chi connectivity index (χ0v) is 15.9. The zero-order valence-electron chi connectivity index (χ0n) is 14.4. The standard InChI is InChI=1S/C18H19ClN4OS/c1-4-11-7-12-5-6-13(8-14(12)21-17(11)24-3)18(2,10-20)9-15-16(19)25-23-22-15/h5-8,15-16H,4,9H2,1-3H3. The van der Waals surface area contributed by atoms with Crippen LogP contribution in [-0.2, 0) is 11.8 Å². The third-order valence-corrected chi connectivity index (χ3v) is 5.81. The molecular formula is C18H19ClN4OS. The predicted octanol–water partition coefficient (Wildman–Crippen LogP) is 5.02. The van der Waals surface area contributed by atoms with Gasteiger partial charge in [-0.25, -0.2) is 4.98 Å². The number of nitrogens with zero attached hydrogens (tertiary/aromatic N) is 4. The highest BCUT2D eigenvalue weighted by molar-refractivity contribution is 7.99. The lowest BCUT2D eigenvalue weighted by Crippen LogP contribution is -2.28. The van der Waals surface area contributed by atoms with Crippen LogP contribution in [-0.4, -0.2) is 22.8 Å². The van der Waals surface area contributed by atoms with E-state index in [0.29, 0.717) is 12.3 Å². The molecule has 5 nitrogen and oxygen atoms in total. The molecule has 1 aliphatic heterocycles. The molecule has 0 amide bonds. The molecular weight excluding hydrogens is 356 g/mol. The molecule has 1 aromatic heterocycles. The number of pyridine rings is 1. The van der Waals surface area contributed by atoms with Crippen molar-refractivity contribution < 1.29 is 4.74 Å². The summed E-state index contributed by atoms with van der Waals surface area (Å²) in [5.41, 5.74) is 2.07. The van der Waals surface area contributed by atoms with Gasteiger partial charge in [-0.15, -0.1) is 16.1 Å². The van der Waals surface area contributed by atoms with Gasteiger partial charge in [0.1, 0.15) is 10.8 Å². The number of rotatable bonds is 5. The molecule has 3 atom stereocenters. The normalized spacial score (nSPS) is 21.9. The van der Waals surface area contributed by atoms with Crippen molar-refractivity contribution in [3.63, 3.8) is 0 Å². The number of hydrogen-bond donors (Lipinski definition) is 0. The molecule has 25 heavy (non-hydrogen) atoms. The molecule has 2 heterocycles. The van der Waals surface area contributed by atoms with E-state index >= 15 is 0 Å². The molecule has 0 spiro atoms. The van der Waals surface area contributed by atoms with E-state index < -0.39 is 5.41 Å². The fourth-order valence-electron chi connectivity index (χ4n) is 3.00. The fraction of sp³-hybridized carbons (Fsp3) is 0.444. The van der Waals surface area contributed by atoms with Crippen LogP contribution in [0.5, 0.6) is 5.88 Å². The molecule has 1 aromatic carbocycles. The Labute approximate surface area is 156 Å². The van der Waals surface area contributed by atoms with Gasteiger partial charge in [0.2, 0.25) is 5.88 Å². The van der Waals surface area contributed by atoms with Crippen LogP contribution in [0.2, 0.25) is 0 Å². The largest absolute Gasteiger partial charge is 0.481 e. The summed E-state index contributed by atoms with van der Waals surface area (Å²) in [6.45, 7) is 3.98. The lowest BCUT2D eigenvalue weighted by molar-refractivity contribution is 0.394. The molecule has 1 aliphatic rings. The first kappa shape index (κ1) is 18.0. The van der Waals surface area contributed by atoms with E-state index in [1.165, 1.54) is 11.9 Å². The van der Waals surface area contributed by atoms with Gasteiger partial charge in [-0.3, -0.25) is 0 Å². The minimum absolute atomic E-state index is 0.169. The summed E-state index contributed by atoms with van der Waals surface area (Å²) < 4.78 is 9.09. The first-order chi connectivity index (χ1) is 12.0. The quantitative estimate of drug-likeness (QED) is 0.543. The Bertz CT molecular complexity index is 866. The fourth-order valence-corrected chi connectivity index (χ4v) is 3.80. The number of methoxy groups -OCH3 is 1. The molecule has 3 unspecified atom stereocenters. The SMILES string of the molecule is CCc1cc2ccc(C(C)(C#N)CC3N=NSC3Cl)cc2nc1OC. The van der Waals surface area contributed by atoms with E-state index in [1.807, 2.05) is 25.1 Å². The van der Waals surface area contributed by atoms with E-state index in [9.17, 15) is 5.26 Å². The molecule has 2 aromatic rings. The van der Waals surface area contributed by atoms with E-state index in [2.05, 4.69) is 33.7 Å². The van der Waals surface area contributed by atoms with Crippen molar-refractivity contribution in [2.24, 2.45) is 9.63 Å². The molecule has 0 aliphatic carbocycles. The lowest BCUT2D eigenvalue weighted by atomic mass is 9.78. The monoisotopic (exact) mass is 374 g/mol. The van der Waals surface area contributed by atoms with Crippen molar-refractivity contribution in [1.82, 2.24) is 4.98 Å². The van der Waals surface area contributed by atoms with Gasteiger partial charge < -0.3 is 4.74 Å². The van der Waals surface area contributed by atoms with Crippen LogP contribution in [0.1, 0.15) is 31.4 Å². The first-order valence-electron chi connectivity index (χ1n) is 8.10. The Hall–Kier alpha value is -1.84. The van der Waals surface area contributed by atoms with Gasteiger partial charge in [0.25, 0.3) is 0 Å². The Morgan fingerprint density at radius 2 is 2.20 bits per heavy atom. The summed E-state index contributed by atoms with van der Waals surface area (Å²) in [6.07, 6.45) is 1.37. The van der Waals surface area contributed by atoms with Crippen LogP contribution in [0.25, 0.3) is 10.9 Å². The third kappa shape index (κ3) is 3.44. The van der Waals surface area contributed by atoms with Crippen LogP contribution in [0.15, 0.2) is 33.9 Å². The number of alkyl halides is 1. The summed E-state index contributed by atoms with van der Waals surface area (Å²) in [5.74, 6) is 0.632. The van der Waals surface area contributed by atoms with Crippen molar-refractivity contribution in [1.29, 1.82) is 5.26 Å². The van der Waals surface area contributed by atoms with Crippen LogP contribution >= 0.6 is 23.5 Å². The van der Waals surface area contributed by atoms with Gasteiger partial charge in [0.05, 0.1) is 24.1 Å². The minimum atomic E-state index is -0.714. The summed E-state index contributed by atoms with van der Waals surface area (Å²) in [4.78, 5) is 4.62. The van der Waals surface area contributed by atoms with Gasteiger partial charge >= 0.3 is 0 Å². The predicted molar refractivity (Wildman–Crippen MR) is 101 cm³/mol. The summed E-state index contributed by atoms with van der Waals surface area (Å²) in [5, 5.41) is 15.0. The van der Waals surface area contributed by atoms with Gasteiger partial charge in [-0.2, -0.15) is 10.4 Å². The molecule has 3 rings (SSSR count). The van der Waals surface area contributed by atoms with E-state index in [4.69, 9.17) is 16.3 Å². The summed E-state index contributed by atoms with van der Waals surface area (Å²) >= 11 is 7.48. The van der Waals surface area contributed by atoms with Gasteiger partial charge in [0.15, 0.2) is 0 Å². The molecule has 0 saturated carbocycles. The topological polar surface area (TPSA) is 70.6 Å². The van der Waals surface area contributed by atoms with Crippen LogP contribution in [0, 0.1) is 11.3 Å². The second-order valence-electron chi connectivity index (χ2n) is 6.29. The van der Waals surface area contributed by atoms with Gasteiger partial charge in [0, 0.05) is 22.9 Å². The average Bonchev–Trinajstić information content (AvgIpc) is 3.04. The van der Waals surface area contributed by atoms with Crippen LogP contribution in [0.4, 0.5) is 0 Å². The average molecular weight is 375 g/mol. The maximum atomic E-state index is 9.82. The number of hydrogen-bond acceptors (Lipinski definition) is 6. The Balaban J connectivity index is 2.01. The number of benzene rings is 1. The van der Waals surface area contributed by atoms with E-state index in [1.54, 1.807) is 7.11 Å². The maximum Gasteiger partial charge on any atom is 0.216 e. The van der Waals surface area contributed by atoms with Crippen LogP contribution < -0.4 is 4.74 Å². The molecule has 0 bridgehead atoms. The molecule has 130 valence electrons. The minimum Gasteiger partial charge on any atom is -0.481 e. The number of ether oxygens (including phenoxy) is 1. The molecule has 0 saturated heterocycles. The van der Waals surface area contributed by atoms with Crippen molar-refractivity contribution in [2.45, 2.75) is 42.9 Å². The second-order valence-corrected chi connectivity index (χ2v) is 7.90.